The summed E-state index contributed by atoms with van der Waals surface area (Å²) in [5.41, 5.74) is 0.537. The van der Waals surface area contributed by atoms with Gasteiger partial charge in [0.1, 0.15) is 17.2 Å². The van der Waals surface area contributed by atoms with Crippen LogP contribution in [0.4, 0.5) is 24.5 Å². The van der Waals surface area contributed by atoms with Gasteiger partial charge < -0.3 is 10.1 Å². The molecule has 0 atom stereocenters. The Hall–Kier alpha value is -3.53. The summed E-state index contributed by atoms with van der Waals surface area (Å²) in [5, 5.41) is 2.59. The molecule has 0 aromatic heterocycles. The van der Waals surface area contributed by atoms with E-state index in [1.165, 1.54) is 25.3 Å². The smallest absolute Gasteiger partial charge is 0.416 e. The van der Waals surface area contributed by atoms with Crippen LogP contribution >= 0.6 is 0 Å². The van der Waals surface area contributed by atoms with Crippen molar-refractivity contribution in [2.24, 2.45) is 0 Å². The van der Waals surface area contributed by atoms with Crippen LogP contribution in [0.15, 0.2) is 71.6 Å². The van der Waals surface area contributed by atoms with Crippen molar-refractivity contribution in [3.05, 3.63) is 83.4 Å². The Morgan fingerprint density at radius 2 is 1.65 bits per heavy atom. The van der Waals surface area contributed by atoms with E-state index in [4.69, 9.17) is 4.74 Å². The molecular formula is C24H23F3N2O4S. The van der Waals surface area contributed by atoms with Crippen molar-refractivity contribution in [2.45, 2.75) is 24.9 Å². The molecule has 0 radical (unpaired) electrons. The molecule has 180 valence electrons. The summed E-state index contributed by atoms with van der Waals surface area (Å²) in [7, 11) is -3.22. The topological polar surface area (TPSA) is 75.7 Å². The molecule has 0 unspecified atom stereocenters. The van der Waals surface area contributed by atoms with E-state index in [9.17, 15) is 26.4 Å². The number of benzene rings is 3. The zero-order valence-electron chi connectivity index (χ0n) is 18.7. The Morgan fingerprint density at radius 1 is 0.971 bits per heavy atom. The molecule has 3 aromatic carbocycles. The van der Waals surface area contributed by atoms with E-state index in [1.807, 2.05) is 13.0 Å². The molecule has 0 aliphatic rings. The minimum atomic E-state index is -4.70. The van der Waals surface area contributed by atoms with Gasteiger partial charge in [0, 0.05) is 5.69 Å². The van der Waals surface area contributed by atoms with Gasteiger partial charge in [-0.1, -0.05) is 24.3 Å². The van der Waals surface area contributed by atoms with Gasteiger partial charge >= 0.3 is 6.18 Å². The third-order valence-electron chi connectivity index (χ3n) is 4.94. The van der Waals surface area contributed by atoms with Gasteiger partial charge in [0.25, 0.3) is 10.0 Å². The highest BCUT2D eigenvalue weighted by Crippen LogP contribution is 2.35. The Morgan fingerprint density at radius 3 is 2.29 bits per heavy atom. The quantitative estimate of drug-likeness (QED) is 0.494. The van der Waals surface area contributed by atoms with Crippen molar-refractivity contribution in [2.75, 3.05) is 23.3 Å². The predicted molar refractivity (Wildman–Crippen MR) is 124 cm³/mol. The number of anilines is 2. The average molecular weight is 493 g/mol. The maximum atomic E-state index is 13.7. The molecular weight excluding hydrogens is 469 g/mol. The summed E-state index contributed by atoms with van der Waals surface area (Å²) in [5.74, 6) is -0.722. The Bertz CT molecular complexity index is 1310. The molecule has 0 spiro atoms. The third kappa shape index (κ3) is 5.69. The number of halogens is 3. The number of hydrogen-bond donors (Lipinski definition) is 1. The van der Waals surface area contributed by atoms with Gasteiger partial charge in [0.05, 0.1) is 18.4 Å². The fourth-order valence-electron chi connectivity index (χ4n) is 3.31. The SMILES string of the molecule is COc1ccc(C)cc1S(=O)(=O)N(CC(=O)Nc1cccc(C)c1)c1cccc(C(F)(F)F)c1. The van der Waals surface area contributed by atoms with Gasteiger partial charge in [-0.05, 0) is 67.4 Å². The molecule has 10 heteroatoms. The first kappa shape index (κ1) is 25.1. The molecule has 1 N–H and O–H groups in total. The van der Waals surface area contributed by atoms with E-state index in [0.717, 1.165) is 17.7 Å². The molecule has 0 fully saturated rings. The number of carbonyl (C=O) groups excluding carboxylic acids is 1. The monoisotopic (exact) mass is 492 g/mol. The minimum Gasteiger partial charge on any atom is -0.495 e. The van der Waals surface area contributed by atoms with Crippen LogP contribution in [-0.2, 0) is 21.0 Å². The zero-order chi connectivity index (χ0) is 25.1. The second-order valence-corrected chi connectivity index (χ2v) is 9.46. The lowest BCUT2D eigenvalue weighted by Crippen LogP contribution is -2.38. The molecule has 0 heterocycles. The number of sulfonamides is 1. The van der Waals surface area contributed by atoms with E-state index in [2.05, 4.69) is 5.32 Å². The first-order valence-corrected chi connectivity index (χ1v) is 11.6. The summed E-state index contributed by atoms with van der Waals surface area (Å²) in [6, 6.07) is 15.1. The van der Waals surface area contributed by atoms with E-state index in [0.29, 0.717) is 21.6 Å². The first-order chi connectivity index (χ1) is 15.9. The van der Waals surface area contributed by atoms with Crippen LogP contribution in [0.1, 0.15) is 16.7 Å². The molecule has 3 aromatic rings. The molecule has 0 aliphatic heterocycles. The highest BCUT2D eigenvalue weighted by molar-refractivity contribution is 7.93. The summed E-state index contributed by atoms with van der Waals surface area (Å²) in [6.45, 7) is 2.73. The lowest BCUT2D eigenvalue weighted by molar-refractivity contribution is -0.137. The molecule has 0 saturated heterocycles. The zero-order valence-corrected chi connectivity index (χ0v) is 19.5. The molecule has 1 amide bonds. The molecule has 3 rings (SSSR count). The van der Waals surface area contributed by atoms with E-state index in [-0.39, 0.29) is 16.3 Å². The lowest BCUT2D eigenvalue weighted by Gasteiger charge is -2.26. The number of rotatable bonds is 7. The molecule has 0 saturated carbocycles. The normalized spacial score (nSPS) is 11.7. The van der Waals surface area contributed by atoms with Crippen molar-refractivity contribution in [3.63, 3.8) is 0 Å². The predicted octanol–water partition coefficient (Wildman–Crippen LogP) is 5.16. The van der Waals surface area contributed by atoms with E-state index >= 15 is 0 Å². The maximum Gasteiger partial charge on any atom is 0.416 e. The van der Waals surface area contributed by atoms with Crippen LogP contribution in [0.25, 0.3) is 0 Å². The van der Waals surface area contributed by atoms with E-state index < -0.39 is 34.2 Å². The fraction of sp³-hybridized carbons (Fsp3) is 0.208. The molecule has 6 nitrogen and oxygen atoms in total. The third-order valence-corrected chi connectivity index (χ3v) is 6.73. The van der Waals surface area contributed by atoms with Crippen molar-refractivity contribution in [3.8, 4) is 5.75 Å². The summed E-state index contributed by atoms with van der Waals surface area (Å²) in [6.07, 6.45) is -4.70. The first-order valence-electron chi connectivity index (χ1n) is 10.1. The van der Waals surface area contributed by atoms with Gasteiger partial charge in [0.15, 0.2) is 0 Å². The number of alkyl halides is 3. The van der Waals surface area contributed by atoms with Crippen LogP contribution in [-0.4, -0.2) is 28.0 Å². The number of amides is 1. The number of carbonyl (C=O) groups is 1. The lowest BCUT2D eigenvalue weighted by atomic mass is 10.2. The summed E-state index contributed by atoms with van der Waals surface area (Å²) < 4.78 is 73.2. The second-order valence-electron chi connectivity index (χ2n) is 7.63. The Labute approximate surface area is 196 Å². The standard InChI is InChI=1S/C24H23F3N2O4S/c1-16-6-4-8-19(12-16)28-23(30)15-29(20-9-5-7-18(14-20)24(25,26)27)34(31,32)22-13-17(2)10-11-21(22)33-3/h4-14H,15H2,1-3H3,(H,28,30). The molecule has 0 bridgehead atoms. The summed E-state index contributed by atoms with van der Waals surface area (Å²) in [4.78, 5) is 12.6. The van der Waals surface area contributed by atoms with Crippen molar-refractivity contribution < 1.29 is 31.1 Å². The van der Waals surface area contributed by atoms with Crippen LogP contribution in [0, 0.1) is 13.8 Å². The van der Waals surface area contributed by atoms with Gasteiger partial charge in [0.2, 0.25) is 5.91 Å². The Kier molecular flexibility index (Phi) is 7.21. The van der Waals surface area contributed by atoms with Gasteiger partial charge in [-0.25, -0.2) is 8.42 Å². The number of aryl methyl sites for hydroxylation is 2. The number of hydrogen-bond acceptors (Lipinski definition) is 4. The highest BCUT2D eigenvalue weighted by Gasteiger charge is 2.34. The van der Waals surface area contributed by atoms with Crippen LogP contribution in [0.5, 0.6) is 5.75 Å². The van der Waals surface area contributed by atoms with Gasteiger partial charge in [-0.3, -0.25) is 9.10 Å². The molecule has 34 heavy (non-hydrogen) atoms. The van der Waals surface area contributed by atoms with Crippen LogP contribution in [0.3, 0.4) is 0 Å². The minimum absolute atomic E-state index is 0.00154. The second kappa shape index (κ2) is 9.76. The van der Waals surface area contributed by atoms with Crippen LogP contribution < -0.4 is 14.4 Å². The van der Waals surface area contributed by atoms with Crippen LogP contribution in [0.2, 0.25) is 0 Å². The van der Waals surface area contributed by atoms with Gasteiger partial charge in [-0.15, -0.1) is 0 Å². The number of methoxy groups -OCH3 is 1. The summed E-state index contributed by atoms with van der Waals surface area (Å²) >= 11 is 0. The highest BCUT2D eigenvalue weighted by atomic mass is 32.2. The maximum absolute atomic E-state index is 13.7. The number of ether oxygens (including phenoxy) is 1. The molecule has 0 aliphatic carbocycles. The van der Waals surface area contributed by atoms with Crippen molar-refractivity contribution in [1.82, 2.24) is 0 Å². The number of nitrogens with zero attached hydrogens (tertiary/aromatic N) is 1. The van der Waals surface area contributed by atoms with Gasteiger partial charge in [-0.2, -0.15) is 13.2 Å². The van der Waals surface area contributed by atoms with E-state index in [1.54, 1.807) is 31.2 Å². The Balaban J connectivity index is 2.09. The average Bonchev–Trinajstić information content (AvgIpc) is 2.77. The largest absolute Gasteiger partial charge is 0.495 e. The fourth-order valence-corrected chi connectivity index (χ4v) is 4.97. The number of nitrogens with one attached hydrogen (secondary N) is 1. The van der Waals surface area contributed by atoms with Crippen molar-refractivity contribution >= 4 is 27.3 Å². The van der Waals surface area contributed by atoms with Crippen molar-refractivity contribution in [1.29, 1.82) is 0 Å².